The zero-order valence-electron chi connectivity index (χ0n) is 20.3. The van der Waals surface area contributed by atoms with Crippen molar-refractivity contribution in [3.63, 3.8) is 0 Å². The molecule has 9 nitrogen and oxygen atoms in total. The molecule has 0 radical (unpaired) electrons. The van der Waals surface area contributed by atoms with Crippen molar-refractivity contribution >= 4 is 17.9 Å². The van der Waals surface area contributed by atoms with Crippen molar-refractivity contribution in [3.05, 3.63) is 35.0 Å². The molecule has 1 aromatic carbocycles. The maximum Gasteiger partial charge on any atom is 0.338 e. The summed E-state index contributed by atoms with van der Waals surface area (Å²) in [5.74, 6) is 0.390. The maximum atomic E-state index is 12.8. The largest absolute Gasteiger partial charge is 0.490 e. The summed E-state index contributed by atoms with van der Waals surface area (Å²) in [6.07, 6.45) is 0. The fourth-order valence-corrected chi connectivity index (χ4v) is 3.43. The number of rotatable bonds is 11. The average Bonchev–Trinajstić information content (AvgIpc) is 2.77. The molecule has 0 aliphatic carbocycles. The minimum absolute atomic E-state index is 0.114. The molecule has 0 saturated heterocycles. The Labute approximate surface area is 195 Å². The third-order valence-corrected chi connectivity index (χ3v) is 5.11. The molecule has 0 bridgehead atoms. The number of hydrogen-bond acceptors (Lipinski definition) is 6. The van der Waals surface area contributed by atoms with E-state index in [1.807, 2.05) is 34.6 Å². The molecule has 1 aliphatic heterocycles. The molecule has 0 aromatic heterocycles. The number of carbonyl (C=O) groups excluding carboxylic acids is 3. The van der Waals surface area contributed by atoms with Gasteiger partial charge < -0.3 is 29.7 Å². The van der Waals surface area contributed by atoms with Crippen LogP contribution in [-0.2, 0) is 14.3 Å². The van der Waals surface area contributed by atoms with Gasteiger partial charge in [-0.2, -0.15) is 0 Å². The summed E-state index contributed by atoms with van der Waals surface area (Å²) in [6, 6.07) is 3.99. The summed E-state index contributed by atoms with van der Waals surface area (Å²) >= 11 is 0. The second-order valence-corrected chi connectivity index (χ2v) is 8.06. The molecule has 182 valence electrons. The van der Waals surface area contributed by atoms with Gasteiger partial charge in [-0.3, -0.25) is 4.79 Å². The van der Waals surface area contributed by atoms with Gasteiger partial charge in [0.1, 0.15) is 0 Å². The van der Waals surface area contributed by atoms with Crippen LogP contribution in [0, 0.1) is 5.92 Å². The Kier molecular flexibility index (Phi) is 9.57. The number of benzene rings is 1. The number of amides is 3. The molecular formula is C24H35N3O6. The number of likely N-dealkylation sites (N-methyl/N-ethyl adjacent to an activating group) is 1. The Hall–Kier alpha value is -3.23. The second kappa shape index (κ2) is 12.1. The summed E-state index contributed by atoms with van der Waals surface area (Å²) in [6.45, 7) is 13.0. The molecule has 1 heterocycles. The van der Waals surface area contributed by atoms with Crippen molar-refractivity contribution < 1.29 is 28.6 Å². The predicted molar refractivity (Wildman–Crippen MR) is 124 cm³/mol. The molecular weight excluding hydrogens is 426 g/mol. The molecule has 1 unspecified atom stereocenters. The van der Waals surface area contributed by atoms with E-state index in [0.717, 1.165) is 0 Å². The third kappa shape index (κ3) is 6.87. The highest BCUT2D eigenvalue weighted by Crippen LogP contribution is 2.35. The zero-order chi connectivity index (χ0) is 24.5. The topological polar surface area (TPSA) is 106 Å². The van der Waals surface area contributed by atoms with Gasteiger partial charge in [0, 0.05) is 18.8 Å². The highest BCUT2D eigenvalue weighted by molar-refractivity contribution is 5.95. The van der Waals surface area contributed by atoms with E-state index in [0.29, 0.717) is 48.0 Å². The van der Waals surface area contributed by atoms with Gasteiger partial charge in [0.15, 0.2) is 18.1 Å². The van der Waals surface area contributed by atoms with Gasteiger partial charge >= 0.3 is 12.0 Å². The number of nitrogens with zero attached hydrogens (tertiary/aromatic N) is 1. The first-order valence-corrected chi connectivity index (χ1v) is 11.3. The predicted octanol–water partition coefficient (Wildman–Crippen LogP) is 3.16. The van der Waals surface area contributed by atoms with Crippen LogP contribution in [0.1, 0.15) is 53.1 Å². The number of urea groups is 1. The number of esters is 1. The van der Waals surface area contributed by atoms with Gasteiger partial charge in [-0.25, -0.2) is 9.59 Å². The normalized spacial score (nSPS) is 15.6. The van der Waals surface area contributed by atoms with Crippen molar-refractivity contribution in [2.75, 3.05) is 32.9 Å². The highest BCUT2D eigenvalue weighted by Gasteiger charge is 2.33. The van der Waals surface area contributed by atoms with Crippen molar-refractivity contribution in [1.29, 1.82) is 0 Å². The molecule has 33 heavy (non-hydrogen) atoms. The molecule has 0 saturated carbocycles. The maximum absolute atomic E-state index is 12.8. The third-order valence-electron chi connectivity index (χ3n) is 5.11. The lowest BCUT2D eigenvalue weighted by Gasteiger charge is -2.29. The van der Waals surface area contributed by atoms with E-state index in [9.17, 15) is 14.4 Å². The van der Waals surface area contributed by atoms with Gasteiger partial charge in [-0.1, -0.05) is 19.9 Å². The lowest BCUT2D eigenvalue weighted by Crippen LogP contribution is -2.45. The number of carbonyl (C=O) groups is 3. The monoisotopic (exact) mass is 461 g/mol. The smallest absolute Gasteiger partial charge is 0.338 e. The van der Waals surface area contributed by atoms with Crippen LogP contribution in [-0.4, -0.2) is 55.7 Å². The molecule has 0 spiro atoms. The molecule has 3 amide bonds. The van der Waals surface area contributed by atoms with Gasteiger partial charge in [-0.15, -0.1) is 0 Å². The van der Waals surface area contributed by atoms with Crippen molar-refractivity contribution in [2.45, 2.75) is 47.6 Å². The van der Waals surface area contributed by atoms with E-state index >= 15 is 0 Å². The summed E-state index contributed by atoms with van der Waals surface area (Å²) in [7, 11) is 0. The molecule has 1 aromatic rings. The highest BCUT2D eigenvalue weighted by atomic mass is 16.5. The number of nitrogens with one attached hydrogen (secondary N) is 2. The SMILES string of the molecule is CCOc1cc(C2NC(=O)NC(C)=C2C(=O)OCC(C)C)ccc1OCC(=O)N(CC)CC. The lowest BCUT2D eigenvalue weighted by molar-refractivity contribution is -0.140. The summed E-state index contributed by atoms with van der Waals surface area (Å²) in [5, 5.41) is 5.42. The Morgan fingerprint density at radius 2 is 1.79 bits per heavy atom. The summed E-state index contributed by atoms with van der Waals surface area (Å²) < 4.78 is 16.9. The van der Waals surface area contributed by atoms with E-state index in [-0.39, 0.29) is 25.0 Å². The van der Waals surface area contributed by atoms with Crippen LogP contribution in [0.15, 0.2) is 29.5 Å². The zero-order valence-corrected chi connectivity index (χ0v) is 20.3. The van der Waals surface area contributed by atoms with Crippen LogP contribution in [0.2, 0.25) is 0 Å². The van der Waals surface area contributed by atoms with Crippen molar-refractivity contribution in [1.82, 2.24) is 15.5 Å². The summed E-state index contributed by atoms with van der Waals surface area (Å²) in [4.78, 5) is 39.0. The first-order chi connectivity index (χ1) is 15.7. The quantitative estimate of drug-likeness (QED) is 0.491. The van der Waals surface area contributed by atoms with Crippen LogP contribution in [0.3, 0.4) is 0 Å². The van der Waals surface area contributed by atoms with Crippen molar-refractivity contribution in [2.24, 2.45) is 5.92 Å². The molecule has 2 N–H and O–H groups in total. The van der Waals surface area contributed by atoms with Crippen LogP contribution in [0.25, 0.3) is 0 Å². The lowest BCUT2D eigenvalue weighted by atomic mass is 9.95. The Bertz CT molecular complexity index is 892. The fraction of sp³-hybridized carbons (Fsp3) is 0.542. The van der Waals surface area contributed by atoms with E-state index in [1.54, 1.807) is 30.0 Å². The van der Waals surface area contributed by atoms with Crippen LogP contribution in [0.5, 0.6) is 11.5 Å². The molecule has 1 atom stereocenters. The average molecular weight is 462 g/mol. The van der Waals surface area contributed by atoms with Gasteiger partial charge in [0.25, 0.3) is 5.91 Å². The van der Waals surface area contributed by atoms with Gasteiger partial charge in [-0.05, 0) is 51.3 Å². The fourth-order valence-electron chi connectivity index (χ4n) is 3.43. The molecule has 0 fully saturated rings. The van der Waals surface area contributed by atoms with Crippen LogP contribution >= 0.6 is 0 Å². The molecule has 1 aliphatic rings. The standard InChI is InChI=1S/C24H35N3O6/c1-7-27(8-2)20(28)14-32-18-11-10-17(12-19(18)31-9-3)22-21(16(6)25-24(30)26-22)23(29)33-13-15(4)5/h10-12,15,22H,7-9,13-14H2,1-6H3,(H2,25,26,30). The number of allylic oxidation sites excluding steroid dienone is 1. The number of ether oxygens (including phenoxy) is 3. The Balaban J connectivity index is 2.32. The van der Waals surface area contributed by atoms with Crippen molar-refractivity contribution in [3.8, 4) is 11.5 Å². The minimum atomic E-state index is -0.719. The van der Waals surface area contributed by atoms with E-state index in [1.165, 1.54) is 0 Å². The van der Waals surface area contributed by atoms with E-state index < -0.39 is 18.0 Å². The Morgan fingerprint density at radius 1 is 1.09 bits per heavy atom. The first-order valence-electron chi connectivity index (χ1n) is 11.3. The first kappa shape index (κ1) is 26.0. The van der Waals surface area contributed by atoms with E-state index in [4.69, 9.17) is 14.2 Å². The van der Waals surface area contributed by atoms with Gasteiger partial charge in [0.2, 0.25) is 0 Å². The number of hydrogen-bond donors (Lipinski definition) is 2. The molecule has 9 heteroatoms. The minimum Gasteiger partial charge on any atom is -0.490 e. The second-order valence-electron chi connectivity index (χ2n) is 8.06. The van der Waals surface area contributed by atoms with E-state index in [2.05, 4.69) is 10.6 Å². The Morgan fingerprint density at radius 3 is 2.39 bits per heavy atom. The van der Waals surface area contributed by atoms with Crippen LogP contribution in [0.4, 0.5) is 4.79 Å². The van der Waals surface area contributed by atoms with Crippen LogP contribution < -0.4 is 20.1 Å². The molecule has 2 rings (SSSR count). The van der Waals surface area contributed by atoms with Gasteiger partial charge in [0.05, 0.1) is 24.8 Å². The summed E-state index contributed by atoms with van der Waals surface area (Å²) in [5.41, 5.74) is 1.38.